The minimum atomic E-state index is -1.42. The van der Waals surface area contributed by atoms with E-state index >= 15 is 0 Å². The van der Waals surface area contributed by atoms with Crippen molar-refractivity contribution in [2.75, 3.05) is 13.1 Å². The second kappa shape index (κ2) is 7.87. The zero-order valence-corrected chi connectivity index (χ0v) is 22.2. The molecule has 2 bridgehead atoms. The highest BCUT2D eigenvalue weighted by molar-refractivity contribution is 5.82. The van der Waals surface area contributed by atoms with E-state index < -0.39 is 40.5 Å². The molecule has 0 amide bonds. The molecule has 8 rings (SSSR count). The Hall–Kier alpha value is -2.39. The van der Waals surface area contributed by atoms with Crippen molar-refractivity contribution in [3.05, 3.63) is 77.7 Å². The number of aliphatic hydroxyl groups excluding tert-OH is 3. The van der Waals surface area contributed by atoms with Gasteiger partial charge in [-0.05, 0) is 66.3 Å². The first kappa shape index (κ1) is 24.4. The molecule has 3 aliphatic carbocycles. The van der Waals surface area contributed by atoms with E-state index in [1.165, 1.54) is 11.1 Å². The highest BCUT2D eigenvalue weighted by Gasteiger charge is 2.72. The molecule has 1 unspecified atom stereocenters. The van der Waals surface area contributed by atoms with Crippen molar-refractivity contribution < 1.29 is 25.2 Å². The molecule has 2 spiro atoms. The Labute approximate surface area is 228 Å². The van der Waals surface area contributed by atoms with E-state index in [4.69, 9.17) is 4.74 Å². The molecule has 7 nitrogen and oxygen atoms in total. The summed E-state index contributed by atoms with van der Waals surface area (Å²) in [5, 5.41) is 46.4. The summed E-state index contributed by atoms with van der Waals surface area (Å²) in [4.78, 5) is 6.43. The van der Waals surface area contributed by atoms with Gasteiger partial charge in [-0.15, -0.1) is 0 Å². The molecule has 4 heterocycles. The zero-order valence-electron chi connectivity index (χ0n) is 22.2. The number of hydrogen-bond acceptors (Lipinski definition) is 7. The van der Waals surface area contributed by atoms with E-state index in [0.717, 1.165) is 35.6 Å². The van der Waals surface area contributed by atoms with Crippen LogP contribution in [0.1, 0.15) is 44.6 Å². The summed E-state index contributed by atoms with van der Waals surface area (Å²) < 4.78 is 7.28. The number of likely N-dealkylation sites (tertiary alicyclic amines) is 1. The molecule has 1 aromatic carbocycles. The lowest BCUT2D eigenvalue weighted by Crippen LogP contribution is -2.57. The van der Waals surface area contributed by atoms with Gasteiger partial charge < -0.3 is 25.2 Å². The summed E-state index contributed by atoms with van der Waals surface area (Å²) in [5.74, 6) is -0.0495. The Morgan fingerprint density at radius 1 is 1.03 bits per heavy atom. The highest BCUT2D eigenvalue weighted by Crippen LogP contribution is 2.70. The molecule has 2 saturated heterocycles. The molecule has 4 N–H and O–H groups in total. The molecule has 7 heteroatoms. The molecule has 2 aromatic rings. The van der Waals surface area contributed by atoms with E-state index in [1.807, 2.05) is 30.5 Å². The number of rotatable bonds is 2. The van der Waals surface area contributed by atoms with Crippen LogP contribution in [0.5, 0.6) is 0 Å². The van der Waals surface area contributed by atoms with E-state index in [9.17, 15) is 20.4 Å². The van der Waals surface area contributed by atoms with Gasteiger partial charge in [0.2, 0.25) is 0 Å². The number of β-amino-alcohol motifs (C(OH)–C–C–N with tert-alkyl or cyclic N) is 2. The number of ether oxygens (including phenoxy) is 1. The first-order valence-corrected chi connectivity index (χ1v) is 14.3. The Bertz CT molecular complexity index is 1460. The normalized spacial score (nSPS) is 46.5. The number of aromatic nitrogens is 1. The molecule has 39 heavy (non-hydrogen) atoms. The molecule has 1 aromatic heterocycles. The SMILES string of the molecule is C[C@]12CC=C3C=C4C=C[C@@H](N5C[C@H](O)[C@@H](O)C5)C[C@]45CCC3(O5)[C@@H]1C[C@@H](O)[C@]2(O)c1ccc2ccncc2c1. The molecular formula is C32H36N2O5. The maximum Gasteiger partial charge on any atom is 0.121 e. The van der Waals surface area contributed by atoms with Crippen molar-refractivity contribution in [1.82, 2.24) is 9.88 Å². The molecule has 3 aliphatic heterocycles. The largest absolute Gasteiger partial charge is 0.390 e. The molecule has 3 fully saturated rings. The summed E-state index contributed by atoms with van der Waals surface area (Å²) >= 11 is 0. The maximum atomic E-state index is 12.5. The molecule has 204 valence electrons. The number of allylic oxidation sites excluding steroid dienone is 1. The smallest absolute Gasteiger partial charge is 0.121 e. The van der Waals surface area contributed by atoms with Gasteiger partial charge in [0.25, 0.3) is 0 Å². The lowest BCUT2D eigenvalue weighted by Gasteiger charge is -2.55. The van der Waals surface area contributed by atoms with Gasteiger partial charge in [-0.2, -0.15) is 0 Å². The lowest BCUT2D eigenvalue weighted by atomic mass is 9.56. The summed E-state index contributed by atoms with van der Waals surface area (Å²) in [6.07, 6.45) is 13.8. The van der Waals surface area contributed by atoms with Crippen LogP contribution in [0.2, 0.25) is 0 Å². The van der Waals surface area contributed by atoms with Gasteiger partial charge in [0.05, 0.1) is 29.5 Å². The Kier molecular flexibility index (Phi) is 4.93. The second-order valence-electron chi connectivity index (χ2n) is 13.1. The van der Waals surface area contributed by atoms with E-state index in [1.54, 1.807) is 6.20 Å². The lowest BCUT2D eigenvalue weighted by molar-refractivity contribution is -0.172. The fourth-order valence-electron chi connectivity index (χ4n) is 9.22. The summed E-state index contributed by atoms with van der Waals surface area (Å²) in [6, 6.07) is 8.00. The van der Waals surface area contributed by atoms with Crippen LogP contribution < -0.4 is 0 Å². The van der Waals surface area contributed by atoms with Gasteiger partial charge in [0.1, 0.15) is 5.60 Å². The Morgan fingerprint density at radius 2 is 1.85 bits per heavy atom. The van der Waals surface area contributed by atoms with Crippen LogP contribution in [0.3, 0.4) is 0 Å². The van der Waals surface area contributed by atoms with Gasteiger partial charge in [0, 0.05) is 48.2 Å². The van der Waals surface area contributed by atoms with Crippen LogP contribution in [0.4, 0.5) is 0 Å². The van der Waals surface area contributed by atoms with Crippen molar-refractivity contribution in [2.45, 2.75) is 80.2 Å². The van der Waals surface area contributed by atoms with Crippen LogP contribution in [0.25, 0.3) is 10.8 Å². The van der Waals surface area contributed by atoms with E-state index in [2.05, 4.69) is 41.1 Å². The third kappa shape index (κ3) is 3.01. The fraction of sp³-hybridized carbons (Fsp3) is 0.531. The topological polar surface area (TPSA) is 106 Å². The second-order valence-corrected chi connectivity index (χ2v) is 13.1. The van der Waals surface area contributed by atoms with Gasteiger partial charge in [0.15, 0.2) is 0 Å². The van der Waals surface area contributed by atoms with Crippen LogP contribution in [0, 0.1) is 11.3 Å². The van der Waals surface area contributed by atoms with Crippen LogP contribution in [0.15, 0.2) is 72.1 Å². The monoisotopic (exact) mass is 528 g/mol. The first-order valence-electron chi connectivity index (χ1n) is 14.3. The zero-order chi connectivity index (χ0) is 26.8. The van der Waals surface area contributed by atoms with E-state index in [-0.39, 0.29) is 12.0 Å². The number of benzene rings is 1. The average Bonchev–Trinajstić information content (AvgIpc) is 3.51. The number of aliphatic hydroxyl groups is 4. The van der Waals surface area contributed by atoms with Crippen molar-refractivity contribution in [3.63, 3.8) is 0 Å². The Morgan fingerprint density at radius 3 is 2.67 bits per heavy atom. The van der Waals surface area contributed by atoms with Gasteiger partial charge in [-0.25, -0.2) is 0 Å². The number of hydrogen-bond donors (Lipinski definition) is 4. The predicted octanol–water partition coefficient (Wildman–Crippen LogP) is 2.73. The van der Waals surface area contributed by atoms with Gasteiger partial charge in [-0.3, -0.25) is 9.88 Å². The summed E-state index contributed by atoms with van der Waals surface area (Å²) in [7, 11) is 0. The third-order valence-corrected chi connectivity index (χ3v) is 11.4. The minimum absolute atomic E-state index is 0.0495. The van der Waals surface area contributed by atoms with E-state index in [0.29, 0.717) is 25.9 Å². The van der Waals surface area contributed by atoms with Crippen LogP contribution >= 0.6 is 0 Å². The average molecular weight is 529 g/mol. The standard InChI is InChI=1S/C32H36N2O5/c1-29-8-6-22-13-21-4-5-24(34-17-25(35)26(36)18-34)15-30(21)9-10-31(22,39-30)27(29)14-28(37)32(29,38)23-3-2-19-7-11-33-16-20(19)12-23/h2-7,11-13,16,24-28,35-38H,8-10,14-15,17-18H2,1H3/t24-,25+,26+,27-,28-,29+,30-,31?,32-/m1/s1. The molecule has 0 radical (unpaired) electrons. The quantitative estimate of drug-likeness (QED) is 0.475. The first-order chi connectivity index (χ1) is 18.7. The molecule has 9 atom stereocenters. The maximum absolute atomic E-state index is 12.5. The fourth-order valence-corrected chi connectivity index (χ4v) is 9.22. The highest BCUT2D eigenvalue weighted by atomic mass is 16.5. The molecule has 6 aliphatic rings. The minimum Gasteiger partial charge on any atom is -0.390 e. The molecular weight excluding hydrogens is 492 g/mol. The number of pyridine rings is 1. The van der Waals surface area contributed by atoms with Crippen molar-refractivity contribution in [2.24, 2.45) is 11.3 Å². The summed E-state index contributed by atoms with van der Waals surface area (Å²) in [5.41, 5.74) is 0.0859. The van der Waals surface area contributed by atoms with Crippen molar-refractivity contribution in [1.29, 1.82) is 0 Å². The Balaban J connectivity index is 1.18. The summed E-state index contributed by atoms with van der Waals surface area (Å²) in [6.45, 7) is 3.05. The van der Waals surface area contributed by atoms with Gasteiger partial charge >= 0.3 is 0 Å². The van der Waals surface area contributed by atoms with Crippen LogP contribution in [-0.4, -0.2) is 79.0 Å². The van der Waals surface area contributed by atoms with Crippen LogP contribution in [-0.2, 0) is 10.3 Å². The predicted molar refractivity (Wildman–Crippen MR) is 146 cm³/mol. The van der Waals surface area contributed by atoms with Crippen molar-refractivity contribution >= 4 is 10.8 Å². The number of fused-ring (bicyclic) bond motifs is 2. The number of nitrogens with zero attached hydrogens (tertiary/aromatic N) is 2. The van der Waals surface area contributed by atoms with Crippen molar-refractivity contribution in [3.8, 4) is 0 Å². The molecule has 1 saturated carbocycles. The van der Waals surface area contributed by atoms with Gasteiger partial charge in [-0.1, -0.05) is 43.4 Å². The third-order valence-electron chi connectivity index (χ3n) is 11.4.